The van der Waals surface area contributed by atoms with Crippen molar-refractivity contribution in [1.29, 1.82) is 0 Å². The van der Waals surface area contributed by atoms with Crippen molar-refractivity contribution in [3.8, 4) is 0 Å². The lowest BCUT2D eigenvalue weighted by Gasteiger charge is -2.07. The van der Waals surface area contributed by atoms with Gasteiger partial charge in [-0.05, 0) is 39.7 Å². The van der Waals surface area contributed by atoms with E-state index in [0.29, 0.717) is 13.0 Å². The fourth-order valence-corrected chi connectivity index (χ4v) is 1.81. The van der Waals surface area contributed by atoms with Gasteiger partial charge in [-0.2, -0.15) is 5.10 Å². The summed E-state index contributed by atoms with van der Waals surface area (Å²) in [6, 6.07) is 2.15. The van der Waals surface area contributed by atoms with Crippen LogP contribution in [0.5, 0.6) is 0 Å². The first-order valence-electron chi connectivity index (χ1n) is 6.52. The van der Waals surface area contributed by atoms with Crippen LogP contribution in [-0.2, 0) is 11.3 Å². The lowest BCUT2D eigenvalue weighted by molar-refractivity contribution is -0.121. The molecule has 6 heteroatoms. The normalized spacial score (nSPS) is 11.8. The second kappa shape index (κ2) is 8.93. The van der Waals surface area contributed by atoms with Gasteiger partial charge >= 0.3 is 0 Å². The number of carbonyl (C=O) groups excluding carboxylic acids is 1. The fraction of sp³-hybridized carbons (Fsp3) is 0.692. The Morgan fingerprint density at radius 2 is 2.21 bits per heavy atom. The van der Waals surface area contributed by atoms with E-state index in [1.54, 1.807) is 0 Å². The van der Waals surface area contributed by atoms with Gasteiger partial charge in [-0.1, -0.05) is 0 Å². The minimum atomic E-state index is 0. The number of nitrogens with zero attached hydrogens (tertiary/aromatic N) is 2. The number of aryl methyl sites for hydroxylation is 3. The van der Waals surface area contributed by atoms with Gasteiger partial charge in [-0.3, -0.25) is 9.48 Å². The van der Waals surface area contributed by atoms with E-state index in [1.165, 1.54) is 0 Å². The van der Waals surface area contributed by atoms with Gasteiger partial charge in [0.2, 0.25) is 5.91 Å². The molecule has 1 aromatic rings. The zero-order valence-electron chi connectivity index (χ0n) is 12.0. The van der Waals surface area contributed by atoms with Crippen LogP contribution in [0.15, 0.2) is 6.07 Å². The average molecular weight is 289 g/mol. The van der Waals surface area contributed by atoms with E-state index in [2.05, 4.69) is 16.5 Å². The number of amides is 1. The highest BCUT2D eigenvalue weighted by molar-refractivity contribution is 5.85. The molecule has 1 unspecified atom stereocenters. The van der Waals surface area contributed by atoms with E-state index in [1.807, 2.05) is 25.5 Å². The first-order chi connectivity index (χ1) is 8.49. The Hall–Kier alpha value is -1.07. The number of carbonyl (C=O) groups is 1. The molecule has 1 heterocycles. The molecule has 1 atom stereocenters. The van der Waals surface area contributed by atoms with E-state index >= 15 is 0 Å². The fourth-order valence-electron chi connectivity index (χ4n) is 1.81. The van der Waals surface area contributed by atoms with Gasteiger partial charge in [0.1, 0.15) is 0 Å². The van der Waals surface area contributed by atoms with Crippen molar-refractivity contribution in [2.45, 2.75) is 52.6 Å². The molecule has 3 N–H and O–H groups in total. The third kappa shape index (κ3) is 7.18. The molecule has 0 radical (unpaired) electrons. The minimum absolute atomic E-state index is 0. The van der Waals surface area contributed by atoms with Gasteiger partial charge in [-0.15, -0.1) is 12.4 Å². The first kappa shape index (κ1) is 17.9. The number of nitrogens with one attached hydrogen (secondary N) is 1. The standard InChI is InChI=1S/C13H24N4O.ClH/c1-10(14)5-6-13(18)15-7-4-8-17-12(3)9-11(2)16-17;/h9-10H,4-8,14H2,1-3H3,(H,15,18);1H. The Balaban J connectivity index is 0.00000324. The second-order valence-electron chi connectivity index (χ2n) is 4.87. The van der Waals surface area contributed by atoms with Gasteiger partial charge < -0.3 is 11.1 Å². The average Bonchev–Trinajstić information content (AvgIpc) is 2.60. The summed E-state index contributed by atoms with van der Waals surface area (Å²) in [6.45, 7) is 7.47. The SMILES string of the molecule is Cc1cc(C)n(CCCNC(=O)CCC(C)N)n1.Cl. The van der Waals surface area contributed by atoms with Gasteiger partial charge in [0.15, 0.2) is 0 Å². The molecule has 1 aromatic heterocycles. The summed E-state index contributed by atoms with van der Waals surface area (Å²) in [5, 5.41) is 7.27. The molecular formula is C13H25ClN4O. The Morgan fingerprint density at radius 3 is 2.74 bits per heavy atom. The highest BCUT2D eigenvalue weighted by Crippen LogP contribution is 2.02. The van der Waals surface area contributed by atoms with Crippen molar-refractivity contribution in [2.24, 2.45) is 5.73 Å². The van der Waals surface area contributed by atoms with Gasteiger partial charge in [0, 0.05) is 31.2 Å². The maximum absolute atomic E-state index is 11.4. The number of hydrogen-bond acceptors (Lipinski definition) is 3. The number of rotatable bonds is 7. The number of hydrogen-bond donors (Lipinski definition) is 2. The maximum atomic E-state index is 11.4. The molecule has 110 valence electrons. The van der Waals surface area contributed by atoms with Crippen LogP contribution in [0.2, 0.25) is 0 Å². The Bertz CT molecular complexity index is 390. The molecule has 0 aliphatic heterocycles. The van der Waals surface area contributed by atoms with E-state index in [-0.39, 0.29) is 24.4 Å². The molecule has 0 saturated heterocycles. The number of halogens is 1. The predicted molar refractivity (Wildman–Crippen MR) is 79.5 cm³/mol. The van der Waals surface area contributed by atoms with Crippen LogP contribution in [0.3, 0.4) is 0 Å². The molecule has 19 heavy (non-hydrogen) atoms. The third-order valence-corrected chi connectivity index (χ3v) is 2.80. The maximum Gasteiger partial charge on any atom is 0.220 e. The molecule has 5 nitrogen and oxygen atoms in total. The molecule has 0 aromatic carbocycles. The highest BCUT2D eigenvalue weighted by Gasteiger charge is 2.03. The lowest BCUT2D eigenvalue weighted by atomic mass is 10.2. The van der Waals surface area contributed by atoms with Crippen LogP contribution < -0.4 is 11.1 Å². The Morgan fingerprint density at radius 1 is 1.53 bits per heavy atom. The molecule has 0 spiro atoms. The van der Waals surface area contributed by atoms with Crippen LogP contribution in [0, 0.1) is 13.8 Å². The van der Waals surface area contributed by atoms with Crippen molar-refractivity contribution in [2.75, 3.05) is 6.54 Å². The van der Waals surface area contributed by atoms with E-state index in [9.17, 15) is 4.79 Å². The summed E-state index contributed by atoms with van der Waals surface area (Å²) in [6.07, 6.45) is 2.15. The van der Waals surface area contributed by atoms with Crippen molar-refractivity contribution in [3.05, 3.63) is 17.5 Å². The molecule has 0 aliphatic rings. The molecule has 0 aliphatic carbocycles. The molecule has 0 saturated carbocycles. The molecular weight excluding hydrogens is 264 g/mol. The molecule has 0 fully saturated rings. The predicted octanol–water partition coefficient (Wildman–Crippen LogP) is 1.56. The summed E-state index contributed by atoms with van der Waals surface area (Å²) in [4.78, 5) is 11.4. The van der Waals surface area contributed by atoms with Crippen LogP contribution in [0.1, 0.15) is 37.6 Å². The van der Waals surface area contributed by atoms with Gasteiger partial charge in [0.25, 0.3) is 0 Å². The van der Waals surface area contributed by atoms with Crippen molar-refractivity contribution in [3.63, 3.8) is 0 Å². The zero-order valence-corrected chi connectivity index (χ0v) is 12.8. The monoisotopic (exact) mass is 288 g/mol. The van der Waals surface area contributed by atoms with Crippen molar-refractivity contribution < 1.29 is 4.79 Å². The van der Waals surface area contributed by atoms with E-state index in [0.717, 1.165) is 30.8 Å². The largest absolute Gasteiger partial charge is 0.356 e. The van der Waals surface area contributed by atoms with E-state index in [4.69, 9.17) is 5.73 Å². The summed E-state index contributed by atoms with van der Waals surface area (Å²) in [7, 11) is 0. The first-order valence-corrected chi connectivity index (χ1v) is 6.52. The molecule has 1 amide bonds. The van der Waals surface area contributed by atoms with Crippen LogP contribution in [0.4, 0.5) is 0 Å². The molecule has 0 bridgehead atoms. The summed E-state index contributed by atoms with van der Waals surface area (Å²) >= 11 is 0. The van der Waals surface area contributed by atoms with Gasteiger partial charge in [-0.25, -0.2) is 0 Å². The highest BCUT2D eigenvalue weighted by atomic mass is 35.5. The topological polar surface area (TPSA) is 72.9 Å². The van der Waals surface area contributed by atoms with Crippen molar-refractivity contribution in [1.82, 2.24) is 15.1 Å². The lowest BCUT2D eigenvalue weighted by Crippen LogP contribution is -2.27. The molecule has 1 rings (SSSR count). The quantitative estimate of drug-likeness (QED) is 0.748. The van der Waals surface area contributed by atoms with Gasteiger partial charge in [0.05, 0.1) is 5.69 Å². The summed E-state index contributed by atoms with van der Waals surface area (Å²) in [5.74, 6) is 0.0840. The van der Waals surface area contributed by atoms with Crippen LogP contribution in [-0.4, -0.2) is 28.3 Å². The summed E-state index contributed by atoms with van der Waals surface area (Å²) in [5.41, 5.74) is 7.80. The number of nitrogens with two attached hydrogens (primary N) is 1. The zero-order chi connectivity index (χ0) is 13.5. The van der Waals surface area contributed by atoms with Crippen LogP contribution >= 0.6 is 12.4 Å². The Kier molecular flexibility index (Phi) is 8.43. The number of aromatic nitrogens is 2. The van der Waals surface area contributed by atoms with Crippen molar-refractivity contribution >= 4 is 18.3 Å². The van der Waals surface area contributed by atoms with Crippen LogP contribution in [0.25, 0.3) is 0 Å². The summed E-state index contributed by atoms with van der Waals surface area (Å²) < 4.78 is 1.98. The Labute approximate surface area is 121 Å². The minimum Gasteiger partial charge on any atom is -0.356 e. The third-order valence-electron chi connectivity index (χ3n) is 2.80. The van der Waals surface area contributed by atoms with E-state index < -0.39 is 0 Å². The smallest absolute Gasteiger partial charge is 0.220 e. The second-order valence-corrected chi connectivity index (χ2v) is 4.87.